The van der Waals surface area contributed by atoms with Gasteiger partial charge in [0.15, 0.2) is 11.5 Å². The first-order chi connectivity index (χ1) is 9.67. The van der Waals surface area contributed by atoms with E-state index in [1.165, 1.54) is 7.11 Å². The third-order valence-corrected chi connectivity index (χ3v) is 3.12. The maximum Gasteiger partial charge on any atom is 0.160 e. The van der Waals surface area contributed by atoms with Gasteiger partial charge in [0.2, 0.25) is 0 Å². The standard InChI is InChI=1S/C16H16O4/c1-19-14-5-4-12(13(9-14)10-17)7-11-3-6-15(18)16(8-11)20-2/h3-6,8-10,18H,7H2,1-2H3. The molecule has 4 nitrogen and oxygen atoms in total. The van der Waals surface area contributed by atoms with E-state index in [1.54, 1.807) is 31.4 Å². The highest BCUT2D eigenvalue weighted by Gasteiger charge is 2.07. The quantitative estimate of drug-likeness (QED) is 0.850. The smallest absolute Gasteiger partial charge is 0.160 e. The van der Waals surface area contributed by atoms with E-state index in [1.807, 2.05) is 12.1 Å². The van der Waals surface area contributed by atoms with E-state index < -0.39 is 0 Å². The topological polar surface area (TPSA) is 55.8 Å². The third kappa shape index (κ3) is 2.91. The fourth-order valence-corrected chi connectivity index (χ4v) is 2.02. The van der Waals surface area contributed by atoms with Gasteiger partial charge in [-0.2, -0.15) is 0 Å². The van der Waals surface area contributed by atoms with Gasteiger partial charge in [0.25, 0.3) is 0 Å². The fourth-order valence-electron chi connectivity index (χ4n) is 2.02. The van der Waals surface area contributed by atoms with Crippen LogP contribution in [0.25, 0.3) is 0 Å². The second-order valence-corrected chi connectivity index (χ2v) is 4.37. The van der Waals surface area contributed by atoms with Crippen LogP contribution in [-0.4, -0.2) is 25.6 Å². The number of rotatable bonds is 5. The van der Waals surface area contributed by atoms with Gasteiger partial charge in [-0.3, -0.25) is 4.79 Å². The number of carbonyl (C=O) groups is 1. The number of phenols is 1. The van der Waals surface area contributed by atoms with Crippen LogP contribution in [0.3, 0.4) is 0 Å². The highest BCUT2D eigenvalue weighted by molar-refractivity contribution is 5.78. The number of hydrogen-bond acceptors (Lipinski definition) is 4. The summed E-state index contributed by atoms with van der Waals surface area (Å²) in [6, 6.07) is 10.5. The van der Waals surface area contributed by atoms with Crippen molar-refractivity contribution in [2.24, 2.45) is 0 Å². The fraction of sp³-hybridized carbons (Fsp3) is 0.188. The minimum Gasteiger partial charge on any atom is -0.504 e. The van der Waals surface area contributed by atoms with Crippen LogP contribution in [0.1, 0.15) is 21.5 Å². The Hall–Kier alpha value is -2.49. The lowest BCUT2D eigenvalue weighted by Crippen LogP contribution is -1.96. The Balaban J connectivity index is 2.32. The zero-order chi connectivity index (χ0) is 14.5. The Bertz CT molecular complexity index is 620. The minimum atomic E-state index is 0.0987. The molecule has 0 aliphatic carbocycles. The van der Waals surface area contributed by atoms with E-state index in [-0.39, 0.29) is 5.75 Å². The van der Waals surface area contributed by atoms with Crippen molar-refractivity contribution in [3.05, 3.63) is 53.1 Å². The Morgan fingerprint density at radius 3 is 2.55 bits per heavy atom. The van der Waals surface area contributed by atoms with E-state index in [4.69, 9.17) is 9.47 Å². The molecule has 0 heterocycles. The highest BCUT2D eigenvalue weighted by atomic mass is 16.5. The van der Waals surface area contributed by atoms with Crippen molar-refractivity contribution in [3.63, 3.8) is 0 Å². The lowest BCUT2D eigenvalue weighted by atomic mass is 10.00. The summed E-state index contributed by atoms with van der Waals surface area (Å²) >= 11 is 0. The maximum absolute atomic E-state index is 11.1. The van der Waals surface area contributed by atoms with Crippen LogP contribution in [0.2, 0.25) is 0 Å². The number of hydrogen-bond donors (Lipinski definition) is 1. The minimum absolute atomic E-state index is 0.0987. The number of benzene rings is 2. The Kier molecular flexibility index (Phi) is 4.25. The Labute approximate surface area is 117 Å². The number of ether oxygens (including phenoxy) is 2. The second-order valence-electron chi connectivity index (χ2n) is 4.37. The van der Waals surface area contributed by atoms with Crippen LogP contribution in [-0.2, 0) is 6.42 Å². The summed E-state index contributed by atoms with van der Waals surface area (Å²) in [5.74, 6) is 1.17. The lowest BCUT2D eigenvalue weighted by Gasteiger charge is -2.09. The molecule has 0 aliphatic rings. The predicted molar refractivity (Wildman–Crippen MR) is 75.8 cm³/mol. The zero-order valence-electron chi connectivity index (χ0n) is 11.4. The summed E-state index contributed by atoms with van der Waals surface area (Å²) < 4.78 is 10.2. The SMILES string of the molecule is COc1ccc(Cc2ccc(O)c(OC)c2)c(C=O)c1. The number of carbonyl (C=O) groups excluding carboxylic acids is 1. The second kappa shape index (κ2) is 6.10. The summed E-state index contributed by atoms with van der Waals surface area (Å²) in [5, 5.41) is 9.57. The highest BCUT2D eigenvalue weighted by Crippen LogP contribution is 2.28. The molecule has 0 bridgehead atoms. The van der Waals surface area contributed by atoms with E-state index in [2.05, 4.69) is 0 Å². The van der Waals surface area contributed by atoms with Gasteiger partial charge in [-0.25, -0.2) is 0 Å². The lowest BCUT2D eigenvalue weighted by molar-refractivity contribution is 0.112. The molecule has 2 aromatic carbocycles. The van der Waals surface area contributed by atoms with Crippen LogP contribution in [0.5, 0.6) is 17.2 Å². The summed E-state index contributed by atoms with van der Waals surface area (Å²) in [6.45, 7) is 0. The van der Waals surface area contributed by atoms with E-state index in [0.717, 1.165) is 17.4 Å². The van der Waals surface area contributed by atoms with Crippen molar-refractivity contribution in [3.8, 4) is 17.2 Å². The molecule has 4 heteroatoms. The molecule has 0 atom stereocenters. The van der Waals surface area contributed by atoms with E-state index >= 15 is 0 Å². The van der Waals surface area contributed by atoms with Crippen molar-refractivity contribution in [2.45, 2.75) is 6.42 Å². The molecular weight excluding hydrogens is 256 g/mol. The normalized spacial score (nSPS) is 10.1. The zero-order valence-corrected chi connectivity index (χ0v) is 11.4. The van der Waals surface area contributed by atoms with Gasteiger partial charge in [-0.1, -0.05) is 12.1 Å². The van der Waals surface area contributed by atoms with Crippen LogP contribution in [0, 0.1) is 0 Å². The Morgan fingerprint density at radius 1 is 1.10 bits per heavy atom. The summed E-state index contributed by atoms with van der Waals surface area (Å²) in [4.78, 5) is 11.1. The molecule has 0 aromatic heterocycles. The molecule has 0 aliphatic heterocycles. The molecule has 1 N–H and O–H groups in total. The van der Waals surface area contributed by atoms with Crippen molar-refractivity contribution in [2.75, 3.05) is 14.2 Å². The summed E-state index contributed by atoms with van der Waals surface area (Å²) in [6.07, 6.45) is 1.39. The first-order valence-electron chi connectivity index (χ1n) is 6.16. The first-order valence-corrected chi connectivity index (χ1v) is 6.16. The molecule has 0 spiro atoms. The van der Waals surface area contributed by atoms with Crippen molar-refractivity contribution in [1.82, 2.24) is 0 Å². The van der Waals surface area contributed by atoms with Crippen molar-refractivity contribution in [1.29, 1.82) is 0 Å². The molecule has 0 unspecified atom stereocenters. The number of aldehydes is 1. The van der Waals surface area contributed by atoms with Gasteiger partial charge >= 0.3 is 0 Å². The number of aromatic hydroxyl groups is 1. The average molecular weight is 272 g/mol. The van der Waals surface area contributed by atoms with Crippen LogP contribution >= 0.6 is 0 Å². The molecule has 2 rings (SSSR count). The van der Waals surface area contributed by atoms with Gasteiger partial charge in [-0.15, -0.1) is 0 Å². The average Bonchev–Trinajstić information content (AvgIpc) is 2.49. The van der Waals surface area contributed by atoms with Crippen LogP contribution in [0.4, 0.5) is 0 Å². The summed E-state index contributed by atoms with van der Waals surface area (Å²) in [5.41, 5.74) is 2.44. The van der Waals surface area contributed by atoms with E-state index in [0.29, 0.717) is 23.5 Å². The van der Waals surface area contributed by atoms with Crippen molar-refractivity contribution >= 4 is 6.29 Å². The van der Waals surface area contributed by atoms with Gasteiger partial charge in [0, 0.05) is 5.56 Å². The molecule has 0 radical (unpaired) electrons. The summed E-state index contributed by atoms with van der Waals surface area (Å²) in [7, 11) is 3.07. The van der Waals surface area contributed by atoms with Gasteiger partial charge in [0.05, 0.1) is 14.2 Å². The maximum atomic E-state index is 11.1. The predicted octanol–water partition coefficient (Wildman–Crippen LogP) is 2.81. The van der Waals surface area contributed by atoms with Gasteiger partial charge in [0.1, 0.15) is 12.0 Å². The van der Waals surface area contributed by atoms with E-state index in [9.17, 15) is 9.90 Å². The Morgan fingerprint density at radius 2 is 1.90 bits per heavy atom. The first kappa shape index (κ1) is 13.9. The third-order valence-electron chi connectivity index (χ3n) is 3.12. The largest absolute Gasteiger partial charge is 0.504 e. The van der Waals surface area contributed by atoms with Gasteiger partial charge in [-0.05, 0) is 41.8 Å². The number of methoxy groups -OCH3 is 2. The van der Waals surface area contributed by atoms with Crippen molar-refractivity contribution < 1.29 is 19.4 Å². The van der Waals surface area contributed by atoms with Crippen LogP contribution in [0.15, 0.2) is 36.4 Å². The number of phenolic OH excluding ortho intramolecular Hbond substituents is 1. The molecule has 0 amide bonds. The molecule has 0 saturated carbocycles. The molecule has 0 fully saturated rings. The molecule has 2 aromatic rings. The monoisotopic (exact) mass is 272 g/mol. The van der Waals surface area contributed by atoms with Crippen LogP contribution < -0.4 is 9.47 Å². The molecule has 104 valence electrons. The molecular formula is C16H16O4. The molecule has 20 heavy (non-hydrogen) atoms. The molecule has 0 saturated heterocycles. The van der Waals surface area contributed by atoms with Gasteiger partial charge < -0.3 is 14.6 Å².